The first kappa shape index (κ1) is 16.8. The van der Waals surface area contributed by atoms with Gasteiger partial charge in [0.25, 0.3) is 0 Å². The molecule has 0 unspecified atom stereocenters. The van der Waals surface area contributed by atoms with Gasteiger partial charge in [-0.3, -0.25) is 0 Å². The standard InChI is InChI=1S/C21H15N3O.Ir/c1-23(15-7-3-2-4-8-15)16-11-12-17-18-9-5-6-10-20(18)24-14-25-22-21(24)19(17)13-16;/h2-9,11-14H,1H3;/q-2;. The van der Waals surface area contributed by atoms with Crippen LogP contribution in [0, 0.1) is 12.8 Å². The topological polar surface area (TPSA) is 28.1 Å². The van der Waals surface area contributed by atoms with Crippen molar-refractivity contribution in [3.05, 3.63) is 85.1 Å². The minimum Gasteiger partial charge on any atom is -0.544 e. The van der Waals surface area contributed by atoms with Crippen molar-refractivity contribution in [2.45, 2.75) is 0 Å². The molecular weight excluding hydrogens is 502 g/mol. The molecule has 1 radical (unpaired) electrons. The molecular formula is C21H15IrN3O-2. The van der Waals surface area contributed by atoms with Crippen LogP contribution in [0.4, 0.5) is 17.1 Å². The molecule has 0 amide bonds. The Morgan fingerprint density at radius 3 is 2.65 bits per heavy atom. The third-order valence-electron chi connectivity index (χ3n) is 4.66. The Bertz CT molecular complexity index is 988. The van der Waals surface area contributed by atoms with E-state index in [4.69, 9.17) is 4.84 Å². The van der Waals surface area contributed by atoms with Crippen LogP contribution in [-0.4, -0.2) is 12.9 Å². The van der Waals surface area contributed by atoms with Crippen molar-refractivity contribution < 1.29 is 24.9 Å². The van der Waals surface area contributed by atoms with E-state index < -0.39 is 0 Å². The zero-order valence-electron chi connectivity index (χ0n) is 14.0. The van der Waals surface area contributed by atoms with Gasteiger partial charge in [-0.15, -0.1) is 10.7 Å². The van der Waals surface area contributed by atoms with Crippen molar-refractivity contribution in [2.24, 2.45) is 5.16 Å². The second-order valence-corrected chi connectivity index (χ2v) is 6.05. The van der Waals surface area contributed by atoms with E-state index in [9.17, 15) is 0 Å². The van der Waals surface area contributed by atoms with Crippen molar-refractivity contribution in [2.75, 3.05) is 16.8 Å². The molecule has 0 aliphatic carbocycles. The summed E-state index contributed by atoms with van der Waals surface area (Å²) in [5.74, 6) is 0.799. The van der Waals surface area contributed by atoms with Crippen molar-refractivity contribution in [1.82, 2.24) is 0 Å². The fourth-order valence-electron chi connectivity index (χ4n) is 3.36. The Kier molecular flexibility index (Phi) is 4.27. The van der Waals surface area contributed by atoms with Crippen molar-refractivity contribution in [1.29, 1.82) is 0 Å². The van der Waals surface area contributed by atoms with Crippen LogP contribution >= 0.6 is 0 Å². The van der Waals surface area contributed by atoms with Crippen LogP contribution in [0.15, 0.2) is 71.9 Å². The summed E-state index contributed by atoms with van der Waals surface area (Å²) in [5.41, 5.74) is 6.54. The van der Waals surface area contributed by atoms with E-state index in [1.807, 2.05) is 35.2 Å². The number of oxime groups is 1. The average molecular weight is 518 g/mol. The van der Waals surface area contributed by atoms with Crippen molar-refractivity contribution in [3.8, 4) is 11.1 Å². The zero-order valence-corrected chi connectivity index (χ0v) is 16.4. The van der Waals surface area contributed by atoms with Crippen LogP contribution in [0.25, 0.3) is 11.1 Å². The van der Waals surface area contributed by atoms with Gasteiger partial charge in [-0.05, 0) is 31.0 Å². The number of benzene rings is 3. The Morgan fingerprint density at radius 1 is 0.962 bits per heavy atom. The SMILES string of the molecule is CN(c1ccccc1)c1ccc2c(c1)C1=NO[CH-]N1c1[c-]cccc1-2.[Ir]. The molecule has 0 saturated heterocycles. The van der Waals surface area contributed by atoms with E-state index >= 15 is 0 Å². The van der Waals surface area contributed by atoms with Crippen LogP contribution in [-0.2, 0) is 24.9 Å². The van der Waals surface area contributed by atoms with Crippen LogP contribution in [0.5, 0.6) is 0 Å². The average Bonchev–Trinajstić information content (AvgIpc) is 3.18. The van der Waals surface area contributed by atoms with Gasteiger partial charge < -0.3 is 14.6 Å². The summed E-state index contributed by atoms with van der Waals surface area (Å²) in [6.45, 7) is 1.63. The molecule has 2 heterocycles. The summed E-state index contributed by atoms with van der Waals surface area (Å²) in [6.07, 6.45) is 0. The number of hydrogen-bond acceptors (Lipinski definition) is 4. The quantitative estimate of drug-likeness (QED) is 0.467. The molecule has 5 heteroatoms. The maximum Gasteiger partial charge on any atom is 0.148 e. The minimum absolute atomic E-state index is 0. The fourth-order valence-corrected chi connectivity index (χ4v) is 3.36. The second kappa shape index (κ2) is 6.60. The summed E-state index contributed by atoms with van der Waals surface area (Å²) in [5, 5.41) is 4.22. The first-order valence-electron chi connectivity index (χ1n) is 8.13. The molecule has 26 heavy (non-hydrogen) atoms. The summed E-state index contributed by atoms with van der Waals surface area (Å²) < 4.78 is 0. The van der Waals surface area contributed by atoms with E-state index in [-0.39, 0.29) is 20.1 Å². The van der Waals surface area contributed by atoms with E-state index in [1.165, 1.54) is 0 Å². The monoisotopic (exact) mass is 518 g/mol. The van der Waals surface area contributed by atoms with Crippen LogP contribution in [0.3, 0.4) is 0 Å². The van der Waals surface area contributed by atoms with Gasteiger partial charge in [0.15, 0.2) is 0 Å². The molecule has 2 aliphatic rings. The van der Waals surface area contributed by atoms with Gasteiger partial charge in [0, 0.05) is 44.1 Å². The van der Waals surface area contributed by atoms with Gasteiger partial charge in [-0.1, -0.05) is 35.5 Å². The number of nitrogens with zero attached hydrogens (tertiary/aromatic N) is 3. The van der Waals surface area contributed by atoms with Gasteiger partial charge in [-0.25, -0.2) is 0 Å². The Morgan fingerprint density at radius 2 is 1.81 bits per heavy atom. The summed E-state index contributed by atoms with van der Waals surface area (Å²) in [4.78, 5) is 9.36. The largest absolute Gasteiger partial charge is 0.544 e. The molecule has 0 saturated carbocycles. The van der Waals surface area contributed by atoms with E-state index in [1.54, 1.807) is 6.73 Å². The Balaban J connectivity index is 0.00000168. The van der Waals surface area contributed by atoms with E-state index in [0.29, 0.717) is 0 Å². The van der Waals surface area contributed by atoms with Crippen LogP contribution in [0.2, 0.25) is 0 Å². The molecule has 0 atom stereocenters. The molecule has 3 aromatic rings. The zero-order chi connectivity index (χ0) is 16.8. The molecule has 0 bridgehead atoms. The smallest absolute Gasteiger partial charge is 0.148 e. The fraction of sp³-hybridized carbons (Fsp3) is 0.0476. The van der Waals surface area contributed by atoms with Gasteiger partial charge in [0.1, 0.15) is 5.84 Å². The van der Waals surface area contributed by atoms with E-state index in [2.05, 4.69) is 59.6 Å². The number of rotatable bonds is 2. The predicted molar refractivity (Wildman–Crippen MR) is 99.6 cm³/mol. The minimum atomic E-state index is 0. The predicted octanol–water partition coefficient (Wildman–Crippen LogP) is 4.55. The molecule has 5 rings (SSSR count). The first-order valence-corrected chi connectivity index (χ1v) is 8.13. The second-order valence-electron chi connectivity index (χ2n) is 6.05. The van der Waals surface area contributed by atoms with Gasteiger partial charge in [-0.2, -0.15) is 24.3 Å². The van der Waals surface area contributed by atoms with Crippen LogP contribution < -0.4 is 9.80 Å². The van der Waals surface area contributed by atoms with Gasteiger partial charge in [0.05, 0.1) is 0 Å². The molecule has 0 aromatic heterocycles. The van der Waals surface area contributed by atoms with Gasteiger partial charge >= 0.3 is 0 Å². The summed E-state index contributed by atoms with van der Waals surface area (Å²) >= 11 is 0. The third kappa shape index (κ3) is 2.52. The number of fused-ring (bicyclic) bond motifs is 6. The maximum absolute atomic E-state index is 5.25. The number of hydrogen-bond donors (Lipinski definition) is 0. The summed E-state index contributed by atoms with van der Waals surface area (Å²) in [7, 11) is 2.07. The maximum atomic E-state index is 5.25. The van der Waals surface area contributed by atoms with E-state index in [0.717, 1.165) is 39.6 Å². The van der Waals surface area contributed by atoms with Crippen LogP contribution in [0.1, 0.15) is 5.56 Å². The normalized spacial score (nSPS) is 13.6. The third-order valence-corrected chi connectivity index (χ3v) is 4.66. The molecule has 0 spiro atoms. The Labute approximate surface area is 166 Å². The van der Waals surface area contributed by atoms with Crippen molar-refractivity contribution in [3.63, 3.8) is 0 Å². The number of amidine groups is 1. The first-order chi connectivity index (χ1) is 12.3. The molecule has 2 aliphatic heterocycles. The molecule has 4 nitrogen and oxygen atoms in total. The molecule has 131 valence electrons. The molecule has 0 fully saturated rings. The molecule has 3 aromatic carbocycles. The number of para-hydroxylation sites is 2. The number of anilines is 3. The Hall–Kier alpha value is -2.62. The van der Waals surface area contributed by atoms with Gasteiger partial charge in [0.2, 0.25) is 0 Å². The molecule has 0 N–H and O–H groups in total. The summed E-state index contributed by atoms with van der Waals surface area (Å²) in [6, 6.07) is 26.1. The van der Waals surface area contributed by atoms with Crippen molar-refractivity contribution >= 4 is 22.9 Å².